The van der Waals surface area contributed by atoms with Crippen LogP contribution in [-0.2, 0) is 4.79 Å². The van der Waals surface area contributed by atoms with Gasteiger partial charge in [-0.15, -0.1) is 6.58 Å². The second-order valence-electron chi connectivity index (χ2n) is 10.00. The van der Waals surface area contributed by atoms with Crippen LogP contribution in [0.15, 0.2) is 42.8 Å². The Morgan fingerprint density at radius 2 is 1.96 bits per heavy atom. The Hall–Kier alpha value is -1.97. The number of rotatable bonds is 3. The molecule has 5 atom stereocenters. The van der Waals surface area contributed by atoms with Gasteiger partial charge in [-0.1, -0.05) is 44.9 Å². The largest absolute Gasteiger partial charge is 0.294 e. The third-order valence-electron chi connectivity index (χ3n) is 8.25. The topological polar surface area (TPSA) is 54.9 Å². The minimum absolute atomic E-state index is 0.0817. The third-order valence-corrected chi connectivity index (χ3v) is 8.25. The fourth-order valence-electron chi connectivity index (χ4n) is 6.49. The Labute approximate surface area is 168 Å². The molecule has 4 heteroatoms. The van der Waals surface area contributed by atoms with Crippen molar-refractivity contribution in [2.45, 2.75) is 65.7 Å². The molecule has 4 nitrogen and oxygen atoms in total. The summed E-state index contributed by atoms with van der Waals surface area (Å²) in [5, 5.41) is 3.00. The molecule has 28 heavy (non-hydrogen) atoms. The Bertz CT molecular complexity index is 803. The monoisotopic (exact) mass is 379 g/mol. The summed E-state index contributed by atoms with van der Waals surface area (Å²) in [6, 6.07) is 1.77. The van der Waals surface area contributed by atoms with E-state index in [1.807, 2.05) is 0 Å². The summed E-state index contributed by atoms with van der Waals surface area (Å²) in [6.45, 7) is 11.0. The van der Waals surface area contributed by atoms with Gasteiger partial charge in [0.25, 0.3) is 0 Å². The van der Waals surface area contributed by atoms with Crippen molar-refractivity contribution in [2.75, 3.05) is 5.32 Å². The quantitative estimate of drug-likeness (QED) is 0.701. The van der Waals surface area contributed by atoms with E-state index in [-0.39, 0.29) is 22.2 Å². The van der Waals surface area contributed by atoms with Gasteiger partial charge in [-0.25, -0.2) is 9.97 Å². The summed E-state index contributed by atoms with van der Waals surface area (Å²) in [5.74, 6) is 1.45. The van der Waals surface area contributed by atoms with Crippen LogP contribution in [0.3, 0.4) is 0 Å². The summed E-state index contributed by atoms with van der Waals surface area (Å²) in [6.07, 6.45) is 15.7. The predicted molar refractivity (Wildman–Crippen MR) is 113 cm³/mol. The molecule has 1 amide bonds. The zero-order chi connectivity index (χ0) is 20.0. The highest BCUT2D eigenvalue weighted by Gasteiger charge is 2.57. The molecular weight excluding hydrogens is 346 g/mol. The average molecular weight is 380 g/mol. The van der Waals surface area contributed by atoms with E-state index in [0.29, 0.717) is 17.8 Å². The molecule has 0 bridgehead atoms. The zero-order valence-electron chi connectivity index (χ0n) is 17.5. The van der Waals surface area contributed by atoms with Crippen molar-refractivity contribution in [3.8, 4) is 0 Å². The Morgan fingerprint density at radius 3 is 2.68 bits per heavy atom. The lowest BCUT2D eigenvalue weighted by Crippen LogP contribution is -2.55. The summed E-state index contributed by atoms with van der Waals surface area (Å²) >= 11 is 0. The zero-order valence-corrected chi connectivity index (χ0v) is 17.5. The van der Waals surface area contributed by atoms with E-state index in [1.165, 1.54) is 19.3 Å². The van der Waals surface area contributed by atoms with Gasteiger partial charge in [0.1, 0.15) is 0 Å². The number of nitrogens with zero attached hydrogens (tertiary/aromatic N) is 2. The van der Waals surface area contributed by atoms with Gasteiger partial charge < -0.3 is 0 Å². The normalized spacial score (nSPS) is 39.9. The second kappa shape index (κ2) is 6.82. The standard InChI is InChI=1S/C24H33N3O/c1-5-22(2)13-10-18-17(16-22)8-9-19-23(18,3)11-6-12-24(19,4)20(28)27-21-25-14-7-15-26-21/h5,7-8,14-15,18-19H,1,6,9-13,16H2,2-4H3,(H,25,26,27,28). The minimum atomic E-state index is -0.382. The van der Waals surface area contributed by atoms with Gasteiger partial charge in [0.2, 0.25) is 11.9 Å². The first-order valence-electron chi connectivity index (χ1n) is 10.7. The number of nitrogens with one attached hydrogen (secondary N) is 1. The van der Waals surface area contributed by atoms with Crippen molar-refractivity contribution >= 4 is 11.9 Å². The van der Waals surface area contributed by atoms with E-state index >= 15 is 0 Å². The first kappa shape index (κ1) is 19.4. The highest BCUT2D eigenvalue weighted by atomic mass is 16.2. The second-order valence-corrected chi connectivity index (χ2v) is 10.00. The maximum atomic E-state index is 13.4. The van der Waals surface area contributed by atoms with Gasteiger partial charge in [0.05, 0.1) is 5.41 Å². The summed E-state index contributed by atoms with van der Waals surface area (Å²) < 4.78 is 0. The van der Waals surface area contributed by atoms with Gasteiger partial charge in [0, 0.05) is 12.4 Å². The van der Waals surface area contributed by atoms with Crippen LogP contribution in [-0.4, -0.2) is 15.9 Å². The predicted octanol–water partition coefficient (Wildman–Crippen LogP) is 5.55. The maximum absolute atomic E-state index is 13.4. The van der Waals surface area contributed by atoms with E-state index in [1.54, 1.807) is 24.0 Å². The molecule has 1 aromatic heterocycles. The molecule has 1 aromatic rings. The van der Waals surface area contributed by atoms with E-state index in [0.717, 1.165) is 25.7 Å². The number of fused-ring (bicyclic) bond motifs is 3. The van der Waals surface area contributed by atoms with Crippen molar-refractivity contribution in [1.29, 1.82) is 0 Å². The molecule has 2 saturated carbocycles. The number of aromatic nitrogens is 2. The van der Waals surface area contributed by atoms with Crippen LogP contribution in [0.2, 0.25) is 0 Å². The number of hydrogen-bond acceptors (Lipinski definition) is 3. The molecule has 0 saturated heterocycles. The van der Waals surface area contributed by atoms with Crippen LogP contribution in [0, 0.1) is 28.1 Å². The van der Waals surface area contributed by atoms with Crippen molar-refractivity contribution in [2.24, 2.45) is 28.1 Å². The maximum Gasteiger partial charge on any atom is 0.232 e. The first-order valence-corrected chi connectivity index (χ1v) is 10.7. The molecule has 0 aromatic carbocycles. The Morgan fingerprint density at radius 1 is 1.21 bits per heavy atom. The lowest BCUT2D eigenvalue weighted by Gasteiger charge is -2.59. The lowest BCUT2D eigenvalue weighted by molar-refractivity contribution is -0.139. The van der Waals surface area contributed by atoms with Gasteiger partial charge in [0.15, 0.2) is 0 Å². The van der Waals surface area contributed by atoms with Crippen molar-refractivity contribution in [3.63, 3.8) is 0 Å². The Balaban J connectivity index is 1.63. The van der Waals surface area contributed by atoms with Gasteiger partial charge in [-0.2, -0.15) is 0 Å². The number of anilines is 1. The van der Waals surface area contributed by atoms with Crippen molar-refractivity contribution < 1.29 is 4.79 Å². The van der Waals surface area contributed by atoms with E-state index in [9.17, 15) is 4.79 Å². The highest BCUT2D eigenvalue weighted by molar-refractivity contribution is 5.94. The lowest BCUT2D eigenvalue weighted by atomic mass is 9.45. The summed E-state index contributed by atoms with van der Waals surface area (Å²) in [7, 11) is 0. The molecule has 4 rings (SSSR count). The highest BCUT2D eigenvalue weighted by Crippen LogP contribution is 2.63. The van der Waals surface area contributed by atoms with Crippen LogP contribution in [0.5, 0.6) is 0 Å². The molecular formula is C24H33N3O. The van der Waals surface area contributed by atoms with E-state index in [4.69, 9.17) is 0 Å². The van der Waals surface area contributed by atoms with Crippen LogP contribution in [0.4, 0.5) is 5.95 Å². The van der Waals surface area contributed by atoms with Crippen LogP contribution < -0.4 is 5.32 Å². The third kappa shape index (κ3) is 3.01. The molecule has 1 N–H and O–H groups in total. The van der Waals surface area contributed by atoms with Crippen LogP contribution in [0.25, 0.3) is 0 Å². The number of carbonyl (C=O) groups excluding carboxylic acids is 1. The van der Waals surface area contributed by atoms with Crippen molar-refractivity contribution in [1.82, 2.24) is 9.97 Å². The average Bonchev–Trinajstić information content (AvgIpc) is 2.68. The molecule has 2 fully saturated rings. The Kier molecular flexibility index (Phi) is 4.71. The molecule has 1 heterocycles. The molecule has 150 valence electrons. The van der Waals surface area contributed by atoms with Crippen LogP contribution >= 0.6 is 0 Å². The molecule has 3 aliphatic carbocycles. The van der Waals surface area contributed by atoms with Gasteiger partial charge in [-0.05, 0) is 67.3 Å². The van der Waals surface area contributed by atoms with Crippen LogP contribution in [0.1, 0.15) is 65.7 Å². The van der Waals surface area contributed by atoms with Crippen molar-refractivity contribution in [3.05, 3.63) is 42.8 Å². The summed E-state index contributed by atoms with van der Waals surface area (Å²) in [4.78, 5) is 21.8. The fraction of sp³-hybridized carbons (Fsp3) is 0.625. The molecule has 0 radical (unpaired) electrons. The van der Waals surface area contributed by atoms with Gasteiger partial charge in [-0.3, -0.25) is 10.1 Å². The first-order chi connectivity index (χ1) is 13.3. The number of amides is 1. The number of allylic oxidation sites excluding steroid dienone is 3. The van der Waals surface area contributed by atoms with E-state index < -0.39 is 0 Å². The number of carbonyl (C=O) groups is 1. The SMILES string of the molecule is C=CC1(C)CCC2C(=CCC3C(C)(C(=O)Nc4ncccn4)CCCC23C)C1. The smallest absolute Gasteiger partial charge is 0.232 e. The molecule has 5 unspecified atom stereocenters. The van der Waals surface area contributed by atoms with Gasteiger partial charge >= 0.3 is 0 Å². The fourth-order valence-corrected chi connectivity index (χ4v) is 6.49. The molecule has 0 aliphatic heterocycles. The number of hydrogen-bond donors (Lipinski definition) is 1. The van der Waals surface area contributed by atoms with E-state index in [2.05, 4.69) is 54.8 Å². The minimum Gasteiger partial charge on any atom is -0.294 e. The summed E-state index contributed by atoms with van der Waals surface area (Å²) in [5.41, 5.74) is 1.65. The molecule has 0 spiro atoms. The molecule has 3 aliphatic rings.